The molecule has 7 heteroatoms. The number of hydrogen-bond acceptors (Lipinski definition) is 4. The van der Waals surface area contributed by atoms with Gasteiger partial charge in [-0.05, 0) is 18.6 Å². The first-order valence-corrected chi connectivity index (χ1v) is 6.09. The molecule has 18 heavy (non-hydrogen) atoms. The number of aromatic amines is 1. The molecule has 0 radical (unpaired) electrons. The average Bonchev–Trinajstić information content (AvgIpc) is 2.73. The topological polar surface area (TPSA) is 78.9 Å². The highest BCUT2D eigenvalue weighted by Crippen LogP contribution is 2.22. The Kier molecular flexibility index (Phi) is 3.61. The maximum Gasteiger partial charge on any atom is 0.338 e. The summed E-state index contributed by atoms with van der Waals surface area (Å²) in [5, 5.41) is 15.9. The minimum atomic E-state index is -1.27. The van der Waals surface area contributed by atoms with Crippen molar-refractivity contribution in [2.75, 3.05) is 0 Å². The number of thioether (sulfide) groups is 1. The van der Waals surface area contributed by atoms with E-state index in [-0.39, 0.29) is 11.3 Å². The summed E-state index contributed by atoms with van der Waals surface area (Å²) in [5.41, 5.74) is 0.00150. The molecule has 2 rings (SSSR count). The molecule has 94 valence electrons. The first-order valence-electron chi connectivity index (χ1n) is 5.10. The Morgan fingerprint density at radius 1 is 1.56 bits per heavy atom. The van der Waals surface area contributed by atoms with Gasteiger partial charge in [0.1, 0.15) is 11.6 Å². The van der Waals surface area contributed by atoms with E-state index in [1.165, 1.54) is 23.9 Å². The highest BCUT2D eigenvalue weighted by Gasteiger charge is 2.14. The number of rotatable bonds is 4. The lowest BCUT2D eigenvalue weighted by Gasteiger charge is -2.03. The Labute approximate surface area is 106 Å². The predicted molar refractivity (Wildman–Crippen MR) is 64.0 cm³/mol. The molecule has 0 amide bonds. The number of aromatic nitrogens is 3. The summed E-state index contributed by atoms with van der Waals surface area (Å²) >= 11 is 1.24. The van der Waals surface area contributed by atoms with Crippen molar-refractivity contribution in [3.63, 3.8) is 0 Å². The zero-order chi connectivity index (χ0) is 13.1. The van der Waals surface area contributed by atoms with E-state index in [4.69, 9.17) is 5.11 Å². The van der Waals surface area contributed by atoms with E-state index in [1.807, 2.05) is 0 Å². The summed E-state index contributed by atoms with van der Waals surface area (Å²) in [7, 11) is 0. The first kappa shape index (κ1) is 12.6. The third kappa shape index (κ3) is 2.67. The van der Waals surface area contributed by atoms with Crippen LogP contribution in [0, 0.1) is 12.7 Å². The minimum Gasteiger partial charge on any atom is -0.478 e. The number of aromatic carboxylic acids is 1. The monoisotopic (exact) mass is 267 g/mol. The number of nitrogens with one attached hydrogen (secondary N) is 1. The van der Waals surface area contributed by atoms with E-state index in [2.05, 4.69) is 15.2 Å². The minimum absolute atomic E-state index is 0.282. The molecule has 0 saturated heterocycles. The standard InChI is InChI=1S/C11H10FN3O2S/c1-6-13-11(15-14-6)18-5-7-3-2-4-8(9(7)12)10(16)17/h2-4H,5H2,1H3,(H,16,17)(H,13,14,15). The van der Waals surface area contributed by atoms with E-state index >= 15 is 0 Å². The second-order valence-corrected chi connectivity index (χ2v) is 4.52. The van der Waals surface area contributed by atoms with E-state index in [0.717, 1.165) is 0 Å². The van der Waals surface area contributed by atoms with Gasteiger partial charge in [0.05, 0.1) is 5.56 Å². The number of H-pyrrole nitrogens is 1. The van der Waals surface area contributed by atoms with Crippen molar-refractivity contribution in [2.24, 2.45) is 0 Å². The van der Waals surface area contributed by atoms with Gasteiger partial charge in [0, 0.05) is 5.75 Å². The maximum absolute atomic E-state index is 13.8. The fourth-order valence-electron chi connectivity index (χ4n) is 1.39. The highest BCUT2D eigenvalue weighted by molar-refractivity contribution is 7.98. The van der Waals surface area contributed by atoms with Crippen molar-refractivity contribution < 1.29 is 14.3 Å². The number of hydrogen-bond donors (Lipinski definition) is 2. The van der Waals surface area contributed by atoms with Gasteiger partial charge in [-0.2, -0.15) is 0 Å². The molecule has 0 fully saturated rings. The smallest absolute Gasteiger partial charge is 0.338 e. The van der Waals surface area contributed by atoms with Crippen LogP contribution in [-0.4, -0.2) is 26.3 Å². The van der Waals surface area contributed by atoms with Gasteiger partial charge in [-0.3, -0.25) is 5.10 Å². The van der Waals surface area contributed by atoms with Crippen LogP contribution >= 0.6 is 11.8 Å². The Hall–Kier alpha value is -1.89. The van der Waals surface area contributed by atoms with Gasteiger partial charge >= 0.3 is 5.97 Å². The lowest BCUT2D eigenvalue weighted by molar-refractivity contribution is 0.0691. The van der Waals surface area contributed by atoms with Gasteiger partial charge < -0.3 is 5.11 Å². The highest BCUT2D eigenvalue weighted by atomic mass is 32.2. The number of carboxylic acids is 1. The van der Waals surface area contributed by atoms with Gasteiger partial charge in [0.25, 0.3) is 0 Å². The molecule has 0 spiro atoms. The quantitative estimate of drug-likeness (QED) is 0.830. The molecule has 2 aromatic rings. The Morgan fingerprint density at radius 3 is 2.94 bits per heavy atom. The lowest BCUT2D eigenvalue weighted by Crippen LogP contribution is -2.02. The molecule has 0 aliphatic rings. The largest absolute Gasteiger partial charge is 0.478 e. The first-order chi connectivity index (χ1) is 8.58. The molecule has 5 nitrogen and oxygen atoms in total. The molecule has 0 aliphatic heterocycles. The lowest BCUT2D eigenvalue weighted by atomic mass is 10.1. The van der Waals surface area contributed by atoms with Crippen molar-refractivity contribution in [1.82, 2.24) is 15.2 Å². The molecular formula is C11H10FN3O2S. The number of halogens is 1. The fourth-order valence-corrected chi connectivity index (χ4v) is 2.20. The van der Waals surface area contributed by atoms with E-state index in [9.17, 15) is 9.18 Å². The number of aryl methyl sites for hydroxylation is 1. The number of benzene rings is 1. The van der Waals surface area contributed by atoms with Crippen LogP contribution in [0.2, 0.25) is 0 Å². The fraction of sp³-hybridized carbons (Fsp3) is 0.182. The van der Waals surface area contributed by atoms with Gasteiger partial charge in [-0.15, -0.1) is 5.10 Å². The molecule has 0 atom stereocenters. The second-order valence-electron chi connectivity index (χ2n) is 3.58. The molecule has 2 N–H and O–H groups in total. The zero-order valence-corrected chi connectivity index (χ0v) is 10.3. The van der Waals surface area contributed by atoms with Crippen LogP contribution < -0.4 is 0 Å². The molecule has 1 aromatic heterocycles. The Bertz CT molecular complexity index is 585. The van der Waals surface area contributed by atoms with Crippen LogP contribution in [-0.2, 0) is 5.75 Å². The molecule has 0 unspecified atom stereocenters. The van der Waals surface area contributed by atoms with Crippen molar-refractivity contribution in [1.29, 1.82) is 0 Å². The molecule has 0 bridgehead atoms. The summed E-state index contributed by atoms with van der Waals surface area (Å²) in [6.07, 6.45) is 0. The molecular weight excluding hydrogens is 257 g/mol. The third-order valence-electron chi connectivity index (χ3n) is 2.24. The van der Waals surface area contributed by atoms with Gasteiger partial charge in [0.2, 0.25) is 5.16 Å². The van der Waals surface area contributed by atoms with Crippen molar-refractivity contribution in [3.8, 4) is 0 Å². The Balaban J connectivity index is 2.14. The molecule has 0 saturated carbocycles. The van der Waals surface area contributed by atoms with Gasteiger partial charge in [-0.25, -0.2) is 14.2 Å². The Morgan fingerprint density at radius 2 is 2.33 bits per heavy atom. The summed E-state index contributed by atoms with van der Waals surface area (Å²) in [6, 6.07) is 4.31. The van der Waals surface area contributed by atoms with Crippen LogP contribution in [0.25, 0.3) is 0 Å². The summed E-state index contributed by atoms with van der Waals surface area (Å²) in [5.74, 6) is -1.01. The van der Waals surface area contributed by atoms with Crippen LogP contribution in [0.5, 0.6) is 0 Å². The predicted octanol–water partition coefficient (Wildman–Crippen LogP) is 2.24. The average molecular weight is 267 g/mol. The van der Waals surface area contributed by atoms with Crippen molar-refractivity contribution in [3.05, 3.63) is 41.0 Å². The third-order valence-corrected chi connectivity index (χ3v) is 3.14. The number of carbonyl (C=O) groups is 1. The normalized spacial score (nSPS) is 10.6. The second kappa shape index (κ2) is 5.18. The summed E-state index contributed by atoms with van der Waals surface area (Å²) in [6.45, 7) is 1.77. The molecule has 1 heterocycles. The van der Waals surface area contributed by atoms with Gasteiger partial charge in [-0.1, -0.05) is 23.9 Å². The molecule has 0 aliphatic carbocycles. The van der Waals surface area contributed by atoms with Crippen molar-refractivity contribution >= 4 is 17.7 Å². The van der Waals surface area contributed by atoms with E-state index in [1.54, 1.807) is 13.0 Å². The van der Waals surface area contributed by atoms with E-state index in [0.29, 0.717) is 16.5 Å². The maximum atomic E-state index is 13.8. The van der Waals surface area contributed by atoms with Crippen molar-refractivity contribution in [2.45, 2.75) is 17.8 Å². The van der Waals surface area contributed by atoms with Crippen LogP contribution in [0.4, 0.5) is 4.39 Å². The van der Waals surface area contributed by atoms with E-state index < -0.39 is 11.8 Å². The summed E-state index contributed by atoms with van der Waals surface area (Å²) in [4.78, 5) is 14.8. The molecule has 1 aromatic carbocycles. The SMILES string of the molecule is Cc1nc(SCc2cccc(C(=O)O)c2F)n[nH]1. The number of carboxylic acid groups (broad SMARTS) is 1. The summed E-state index contributed by atoms with van der Waals surface area (Å²) < 4.78 is 13.8. The number of nitrogens with zero attached hydrogens (tertiary/aromatic N) is 2. The van der Waals surface area contributed by atoms with Crippen LogP contribution in [0.15, 0.2) is 23.4 Å². The van der Waals surface area contributed by atoms with Crippen LogP contribution in [0.3, 0.4) is 0 Å². The van der Waals surface area contributed by atoms with Gasteiger partial charge in [0.15, 0.2) is 0 Å². The van der Waals surface area contributed by atoms with Crippen LogP contribution in [0.1, 0.15) is 21.7 Å². The zero-order valence-electron chi connectivity index (χ0n) is 9.48.